The van der Waals surface area contributed by atoms with E-state index in [1.54, 1.807) is 25.1 Å². The molecule has 2 rings (SSSR count). The lowest BCUT2D eigenvalue weighted by Gasteiger charge is -2.17. The van der Waals surface area contributed by atoms with Gasteiger partial charge < -0.3 is 10.1 Å². The first kappa shape index (κ1) is 15.3. The van der Waals surface area contributed by atoms with E-state index in [1.807, 2.05) is 0 Å². The minimum atomic E-state index is -3.28. The minimum absolute atomic E-state index is 0.109. The molecule has 21 heavy (non-hydrogen) atoms. The van der Waals surface area contributed by atoms with E-state index in [0.717, 1.165) is 0 Å². The Morgan fingerprint density at radius 1 is 1.38 bits per heavy atom. The van der Waals surface area contributed by atoms with Gasteiger partial charge in [-0.1, -0.05) is 6.07 Å². The largest absolute Gasteiger partial charge is 0.459 e. The van der Waals surface area contributed by atoms with E-state index < -0.39 is 21.9 Å². The van der Waals surface area contributed by atoms with Gasteiger partial charge in [0.15, 0.2) is 0 Å². The van der Waals surface area contributed by atoms with Crippen LogP contribution in [-0.4, -0.2) is 39.2 Å². The van der Waals surface area contributed by atoms with Gasteiger partial charge in [0.05, 0.1) is 18.0 Å². The van der Waals surface area contributed by atoms with Gasteiger partial charge >= 0.3 is 11.9 Å². The van der Waals surface area contributed by atoms with Crippen molar-refractivity contribution >= 4 is 33.3 Å². The summed E-state index contributed by atoms with van der Waals surface area (Å²) >= 11 is 0. The van der Waals surface area contributed by atoms with E-state index in [1.165, 1.54) is 10.4 Å². The van der Waals surface area contributed by atoms with Crippen molar-refractivity contribution in [1.82, 2.24) is 0 Å². The average molecular weight is 312 g/mol. The molecule has 0 radical (unpaired) electrons. The van der Waals surface area contributed by atoms with Crippen LogP contribution in [0.3, 0.4) is 0 Å². The maximum atomic E-state index is 11.9. The van der Waals surface area contributed by atoms with Crippen molar-refractivity contribution in [3.63, 3.8) is 0 Å². The van der Waals surface area contributed by atoms with Crippen LogP contribution in [0.5, 0.6) is 0 Å². The number of rotatable bonds is 3. The number of benzene rings is 1. The van der Waals surface area contributed by atoms with Crippen molar-refractivity contribution in [2.45, 2.75) is 13.3 Å². The molecule has 1 heterocycles. The summed E-state index contributed by atoms with van der Waals surface area (Å²) in [5.74, 6) is -1.75. The molecule has 0 unspecified atom stereocenters. The molecule has 1 amide bonds. The molecule has 0 aromatic heterocycles. The monoisotopic (exact) mass is 312 g/mol. The lowest BCUT2D eigenvalue weighted by Crippen LogP contribution is -2.26. The molecule has 0 bridgehead atoms. The van der Waals surface area contributed by atoms with Gasteiger partial charge in [0.2, 0.25) is 10.0 Å². The van der Waals surface area contributed by atoms with E-state index in [0.29, 0.717) is 24.3 Å². The molecule has 8 heteroatoms. The molecule has 7 nitrogen and oxygen atoms in total. The lowest BCUT2D eigenvalue weighted by molar-refractivity contribution is -0.152. The van der Waals surface area contributed by atoms with Gasteiger partial charge in [-0.3, -0.25) is 9.10 Å². The van der Waals surface area contributed by atoms with Crippen molar-refractivity contribution < 1.29 is 22.7 Å². The van der Waals surface area contributed by atoms with Crippen LogP contribution in [0.15, 0.2) is 24.3 Å². The average Bonchev–Trinajstić information content (AvgIpc) is 2.79. The van der Waals surface area contributed by atoms with Crippen LogP contribution in [0.25, 0.3) is 0 Å². The Morgan fingerprint density at radius 2 is 2.14 bits per heavy atom. The Bertz CT molecular complexity index is 656. The topological polar surface area (TPSA) is 92.8 Å². The SMILES string of the molecule is CCOC(=O)C(=O)Nc1cccc(N2CCCS2(=O)=O)c1. The van der Waals surface area contributed by atoms with Crippen LogP contribution in [0.1, 0.15) is 13.3 Å². The molecule has 1 aromatic carbocycles. The fourth-order valence-electron chi connectivity index (χ4n) is 2.05. The molecule has 0 saturated carbocycles. The minimum Gasteiger partial charge on any atom is -0.459 e. The van der Waals surface area contributed by atoms with Crippen molar-refractivity contribution in [2.24, 2.45) is 0 Å². The van der Waals surface area contributed by atoms with Crippen LogP contribution in [0, 0.1) is 0 Å². The number of nitrogens with zero attached hydrogens (tertiary/aromatic N) is 1. The summed E-state index contributed by atoms with van der Waals surface area (Å²) in [7, 11) is -3.28. The van der Waals surface area contributed by atoms with Gasteiger partial charge in [0, 0.05) is 12.2 Å². The third-order valence-electron chi connectivity index (χ3n) is 2.95. The second kappa shape index (κ2) is 6.13. The molecule has 1 aliphatic rings. The van der Waals surface area contributed by atoms with E-state index >= 15 is 0 Å². The van der Waals surface area contributed by atoms with Crippen molar-refractivity contribution in [3.8, 4) is 0 Å². The summed E-state index contributed by atoms with van der Waals surface area (Å²) in [5, 5.41) is 2.38. The lowest BCUT2D eigenvalue weighted by atomic mass is 10.2. The van der Waals surface area contributed by atoms with E-state index in [9.17, 15) is 18.0 Å². The summed E-state index contributed by atoms with van der Waals surface area (Å²) in [6, 6.07) is 6.34. The first-order chi connectivity index (χ1) is 9.94. The van der Waals surface area contributed by atoms with Gasteiger partial charge in [-0.05, 0) is 31.5 Å². The predicted molar refractivity (Wildman–Crippen MR) is 77.5 cm³/mol. The van der Waals surface area contributed by atoms with Crippen LogP contribution < -0.4 is 9.62 Å². The zero-order chi connectivity index (χ0) is 15.5. The normalized spacial score (nSPS) is 16.5. The highest BCUT2D eigenvalue weighted by Gasteiger charge is 2.28. The number of nitrogens with one attached hydrogen (secondary N) is 1. The molecule has 1 N–H and O–H groups in total. The number of hydrogen-bond acceptors (Lipinski definition) is 5. The maximum absolute atomic E-state index is 11.9. The van der Waals surface area contributed by atoms with E-state index in [-0.39, 0.29) is 12.4 Å². The first-order valence-corrected chi connectivity index (χ1v) is 8.13. The molecular formula is C13H16N2O5S. The third-order valence-corrected chi connectivity index (χ3v) is 4.82. The summed E-state index contributed by atoms with van der Waals surface area (Å²) in [6.07, 6.45) is 0.571. The zero-order valence-corrected chi connectivity index (χ0v) is 12.4. The molecule has 0 aliphatic carbocycles. The van der Waals surface area contributed by atoms with Crippen molar-refractivity contribution in [3.05, 3.63) is 24.3 Å². The Balaban J connectivity index is 2.15. The van der Waals surface area contributed by atoms with Crippen LogP contribution >= 0.6 is 0 Å². The van der Waals surface area contributed by atoms with Gasteiger partial charge in [0.25, 0.3) is 0 Å². The Kier molecular flexibility index (Phi) is 4.46. The fourth-order valence-corrected chi connectivity index (χ4v) is 3.60. The summed E-state index contributed by atoms with van der Waals surface area (Å²) < 4.78 is 29.6. The van der Waals surface area contributed by atoms with Gasteiger partial charge in [0.1, 0.15) is 0 Å². The van der Waals surface area contributed by atoms with Gasteiger partial charge in [-0.15, -0.1) is 0 Å². The Morgan fingerprint density at radius 3 is 2.76 bits per heavy atom. The number of esters is 1. The molecule has 0 atom stereocenters. The van der Waals surface area contributed by atoms with E-state index in [4.69, 9.17) is 0 Å². The molecule has 0 spiro atoms. The molecule has 1 saturated heterocycles. The highest BCUT2D eigenvalue weighted by Crippen LogP contribution is 2.26. The number of ether oxygens (including phenoxy) is 1. The standard InChI is InChI=1S/C13H16N2O5S/c1-2-20-13(17)12(16)14-10-5-3-6-11(9-10)15-7-4-8-21(15,18)19/h3,5-6,9H,2,4,7-8H2,1H3,(H,14,16). The quantitative estimate of drug-likeness (QED) is 0.656. The number of carbonyl (C=O) groups excluding carboxylic acids is 2. The van der Waals surface area contributed by atoms with Crippen LogP contribution in [-0.2, 0) is 24.3 Å². The number of hydrogen-bond donors (Lipinski definition) is 1. The number of carbonyl (C=O) groups is 2. The molecular weight excluding hydrogens is 296 g/mol. The summed E-state index contributed by atoms with van der Waals surface area (Å²) in [5.41, 5.74) is 0.807. The first-order valence-electron chi connectivity index (χ1n) is 6.52. The van der Waals surface area contributed by atoms with Crippen LogP contribution in [0.4, 0.5) is 11.4 Å². The number of amides is 1. The Labute approximate surface area is 122 Å². The predicted octanol–water partition coefficient (Wildman–Crippen LogP) is 0.728. The van der Waals surface area contributed by atoms with Crippen LogP contribution in [0.2, 0.25) is 0 Å². The smallest absolute Gasteiger partial charge is 0.397 e. The maximum Gasteiger partial charge on any atom is 0.397 e. The second-order valence-electron chi connectivity index (χ2n) is 4.47. The highest BCUT2D eigenvalue weighted by molar-refractivity contribution is 7.93. The highest BCUT2D eigenvalue weighted by atomic mass is 32.2. The van der Waals surface area contributed by atoms with Crippen molar-refractivity contribution in [1.29, 1.82) is 0 Å². The fraction of sp³-hybridized carbons (Fsp3) is 0.385. The van der Waals surface area contributed by atoms with Gasteiger partial charge in [-0.25, -0.2) is 13.2 Å². The molecule has 1 aliphatic heterocycles. The third kappa shape index (κ3) is 3.52. The molecule has 114 valence electrons. The van der Waals surface area contributed by atoms with Gasteiger partial charge in [-0.2, -0.15) is 0 Å². The summed E-state index contributed by atoms with van der Waals surface area (Å²) in [4.78, 5) is 22.8. The zero-order valence-electron chi connectivity index (χ0n) is 11.5. The summed E-state index contributed by atoms with van der Waals surface area (Å²) in [6.45, 7) is 2.12. The number of anilines is 2. The number of sulfonamides is 1. The second-order valence-corrected chi connectivity index (χ2v) is 6.48. The molecule has 1 fully saturated rings. The Hall–Kier alpha value is -2.09. The van der Waals surface area contributed by atoms with E-state index in [2.05, 4.69) is 10.1 Å². The van der Waals surface area contributed by atoms with Crippen molar-refractivity contribution in [2.75, 3.05) is 28.5 Å². The molecule has 1 aromatic rings.